The van der Waals surface area contributed by atoms with Gasteiger partial charge in [-0.15, -0.1) is 0 Å². The van der Waals surface area contributed by atoms with Gasteiger partial charge in [0, 0.05) is 18.5 Å². The highest BCUT2D eigenvalue weighted by Crippen LogP contribution is 2.05. The highest BCUT2D eigenvalue weighted by atomic mass is 79.9. The van der Waals surface area contributed by atoms with E-state index in [1.807, 2.05) is 12.1 Å². The third-order valence-electron chi connectivity index (χ3n) is 2.09. The van der Waals surface area contributed by atoms with Crippen molar-refractivity contribution in [1.82, 2.24) is 0 Å². The van der Waals surface area contributed by atoms with Crippen LogP contribution in [0.4, 0.5) is 4.39 Å². The molecular weight excluding hydrogens is 259 g/mol. The first-order chi connectivity index (χ1) is 7.33. The molecule has 0 aliphatic rings. The van der Waals surface area contributed by atoms with E-state index in [0.717, 1.165) is 37.8 Å². The summed E-state index contributed by atoms with van der Waals surface area (Å²) in [5.41, 5.74) is 1.17. The van der Waals surface area contributed by atoms with Crippen molar-refractivity contribution in [2.24, 2.45) is 0 Å². The van der Waals surface area contributed by atoms with Crippen LogP contribution >= 0.6 is 15.9 Å². The van der Waals surface area contributed by atoms with Crippen molar-refractivity contribution in [1.29, 1.82) is 0 Å². The van der Waals surface area contributed by atoms with Crippen molar-refractivity contribution in [3.8, 4) is 0 Å². The molecule has 0 aliphatic carbocycles. The Bertz CT molecular complexity index is 261. The normalized spacial score (nSPS) is 10.5. The minimum absolute atomic E-state index is 0.174. The molecule has 0 aromatic heterocycles. The molecule has 0 N–H and O–H groups in total. The van der Waals surface area contributed by atoms with Crippen LogP contribution in [0.25, 0.3) is 0 Å². The van der Waals surface area contributed by atoms with Crippen molar-refractivity contribution < 1.29 is 9.13 Å². The molecule has 0 radical (unpaired) electrons. The van der Waals surface area contributed by atoms with Gasteiger partial charge in [0.05, 0.1) is 0 Å². The van der Waals surface area contributed by atoms with E-state index >= 15 is 0 Å². The Morgan fingerprint density at radius 2 is 1.73 bits per heavy atom. The van der Waals surface area contributed by atoms with Crippen LogP contribution < -0.4 is 0 Å². The van der Waals surface area contributed by atoms with E-state index in [9.17, 15) is 4.39 Å². The fraction of sp³-hybridized carbons (Fsp3) is 0.500. The van der Waals surface area contributed by atoms with Crippen molar-refractivity contribution in [3.63, 3.8) is 0 Å². The third kappa shape index (κ3) is 5.90. The molecule has 1 nitrogen and oxygen atoms in total. The average Bonchev–Trinajstić information content (AvgIpc) is 2.26. The van der Waals surface area contributed by atoms with Gasteiger partial charge in [-0.3, -0.25) is 0 Å². The lowest BCUT2D eigenvalue weighted by atomic mass is 10.1. The van der Waals surface area contributed by atoms with E-state index in [1.165, 1.54) is 17.7 Å². The molecule has 1 aromatic rings. The van der Waals surface area contributed by atoms with E-state index in [4.69, 9.17) is 4.74 Å². The van der Waals surface area contributed by atoms with Crippen LogP contribution in [0.3, 0.4) is 0 Å². The van der Waals surface area contributed by atoms with Crippen LogP contribution in [0.15, 0.2) is 24.3 Å². The first kappa shape index (κ1) is 12.7. The molecule has 0 bridgehead atoms. The second kappa shape index (κ2) is 7.83. The van der Waals surface area contributed by atoms with Gasteiger partial charge >= 0.3 is 0 Å². The standard InChI is InChI=1S/C12H16BrFO/c13-8-2-10-15-9-1-3-11-4-6-12(14)7-5-11/h4-7H,1-3,8-10H2. The fourth-order valence-corrected chi connectivity index (χ4v) is 1.52. The van der Waals surface area contributed by atoms with Crippen LogP contribution in [0.1, 0.15) is 18.4 Å². The van der Waals surface area contributed by atoms with Crippen LogP contribution in [-0.4, -0.2) is 18.5 Å². The van der Waals surface area contributed by atoms with E-state index in [-0.39, 0.29) is 5.82 Å². The first-order valence-electron chi connectivity index (χ1n) is 5.21. The summed E-state index contributed by atoms with van der Waals surface area (Å²) in [5.74, 6) is -0.174. The zero-order valence-corrected chi connectivity index (χ0v) is 10.3. The molecule has 0 atom stereocenters. The molecule has 0 unspecified atom stereocenters. The summed E-state index contributed by atoms with van der Waals surface area (Å²) in [6.07, 6.45) is 3.00. The predicted molar refractivity (Wildman–Crippen MR) is 64.0 cm³/mol. The van der Waals surface area contributed by atoms with Gasteiger partial charge in [0.25, 0.3) is 0 Å². The summed E-state index contributed by atoms with van der Waals surface area (Å²) in [5, 5.41) is 0.991. The van der Waals surface area contributed by atoms with Gasteiger partial charge in [-0.1, -0.05) is 28.1 Å². The number of aryl methyl sites for hydroxylation is 1. The number of ether oxygens (including phenoxy) is 1. The second-order valence-electron chi connectivity index (χ2n) is 3.38. The average molecular weight is 275 g/mol. The Hall–Kier alpha value is -0.410. The van der Waals surface area contributed by atoms with Gasteiger partial charge in [0.15, 0.2) is 0 Å². The Labute approximate surface area is 98.8 Å². The highest BCUT2D eigenvalue weighted by molar-refractivity contribution is 9.09. The van der Waals surface area contributed by atoms with Crippen LogP contribution in [0.2, 0.25) is 0 Å². The predicted octanol–water partition coefficient (Wildman–Crippen LogP) is 3.56. The van der Waals surface area contributed by atoms with E-state index in [2.05, 4.69) is 15.9 Å². The van der Waals surface area contributed by atoms with Gasteiger partial charge in [-0.25, -0.2) is 4.39 Å². The lowest BCUT2D eigenvalue weighted by Crippen LogP contribution is -1.99. The number of halogens is 2. The lowest BCUT2D eigenvalue weighted by molar-refractivity contribution is 0.133. The van der Waals surface area contributed by atoms with Crippen molar-refractivity contribution in [2.45, 2.75) is 19.3 Å². The number of hydrogen-bond acceptors (Lipinski definition) is 1. The van der Waals surface area contributed by atoms with Crippen molar-refractivity contribution >= 4 is 15.9 Å². The van der Waals surface area contributed by atoms with Gasteiger partial charge in [-0.05, 0) is 37.0 Å². The maximum absolute atomic E-state index is 12.6. The van der Waals surface area contributed by atoms with Gasteiger partial charge < -0.3 is 4.74 Å². The first-order valence-corrected chi connectivity index (χ1v) is 6.33. The number of hydrogen-bond donors (Lipinski definition) is 0. The second-order valence-corrected chi connectivity index (χ2v) is 4.18. The quantitative estimate of drug-likeness (QED) is 0.546. The molecule has 0 saturated carbocycles. The zero-order valence-electron chi connectivity index (χ0n) is 8.72. The lowest BCUT2D eigenvalue weighted by Gasteiger charge is -2.03. The maximum Gasteiger partial charge on any atom is 0.123 e. The smallest absolute Gasteiger partial charge is 0.123 e. The van der Waals surface area contributed by atoms with Gasteiger partial charge in [0.2, 0.25) is 0 Å². The minimum Gasteiger partial charge on any atom is -0.381 e. The SMILES string of the molecule is Fc1ccc(CCCOCCCBr)cc1. The monoisotopic (exact) mass is 274 g/mol. The number of alkyl halides is 1. The molecule has 15 heavy (non-hydrogen) atoms. The Kier molecular flexibility index (Phi) is 6.60. The summed E-state index contributed by atoms with van der Waals surface area (Å²) in [7, 11) is 0. The van der Waals surface area contributed by atoms with Gasteiger partial charge in [-0.2, -0.15) is 0 Å². The fourth-order valence-electron chi connectivity index (χ4n) is 1.29. The molecule has 0 amide bonds. The largest absolute Gasteiger partial charge is 0.381 e. The summed E-state index contributed by atoms with van der Waals surface area (Å²) in [6, 6.07) is 6.66. The summed E-state index contributed by atoms with van der Waals surface area (Å²) in [6.45, 7) is 1.60. The Morgan fingerprint density at radius 3 is 2.40 bits per heavy atom. The third-order valence-corrected chi connectivity index (χ3v) is 2.65. The van der Waals surface area contributed by atoms with E-state index in [0.29, 0.717) is 0 Å². The molecule has 84 valence electrons. The minimum atomic E-state index is -0.174. The molecule has 1 rings (SSSR count). The van der Waals surface area contributed by atoms with Crippen LogP contribution in [-0.2, 0) is 11.2 Å². The summed E-state index contributed by atoms with van der Waals surface area (Å²) < 4.78 is 18.0. The van der Waals surface area contributed by atoms with Crippen molar-refractivity contribution in [3.05, 3.63) is 35.6 Å². The zero-order chi connectivity index (χ0) is 10.9. The maximum atomic E-state index is 12.6. The molecule has 0 fully saturated rings. The van der Waals surface area contributed by atoms with E-state index < -0.39 is 0 Å². The molecular formula is C12H16BrFO. The van der Waals surface area contributed by atoms with Crippen LogP contribution in [0, 0.1) is 5.82 Å². The van der Waals surface area contributed by atoms with Crippen molar-refractivity contribution in [2.75, 3.05) is 18.5 Å². The van der Waals surface area contributed by atoms with Crippen LogP contribution in [0.5, 0.6) is 0 Å². The van der Waals surface area contributed by atoms with Gasteiger partial charge in [0.1, 0.15) is 5.82 Å². The number of rotatable bonds is 7. The molecule has 1 aromatic carbocycles. The summed E-state index contributed by atoms with van der Waals surface area (Å²) >= 11 is 3.35. The molecule has 0 aliphatic heterocycles. The molecule has 0 heterocycles. The van der Waals surface area contributed by atoms with E-state index in [1.54, 1.807) is 0 Å². The Morgan fingerprint density at radius 1 is 1.07 bits per heavy atom. The Balaban J connectivity index is 2.07. The molecule has 3 heteroatoms. The number of benzene rings is 1. The molecule has 0 saturated heterocycles. The summed E-state index contributed by atoms with van der Waals surface area (Å²) in [4.78, 5) is 0. The molecule has 0 spiro atoms. The topological polar surface area (TPSA) is 9.23 Å². The highest BCUT2D eigenvalue weighted by Gasteiger charge is 1.94.